The fraction of sp³-hybridized carbons (Fsp3) is 0.118. The molecule has 3 aromatic rings. The number of rotatable bonds is 3. The molecule has 0 spiro atoms. The van der Waals surface area contributed by atoms with Crippen LogP contribution in [0.4, 0.5) is 8.78 Å². The summed E-state index contributed by atoms with van der Waals surface area (Å²) in [6.07, 6.45) is 0. The summed E-state index contributed by atoms with van der Waals surface area (Å²) in [5.41, 5.74) is 0.506. The SMILES string of the molecule is COc1cc(F)c(-c2c(Cl)nc(C)n2-c2ccc(Cl)cc2)c(F)c1. The summed E-state index contributed by atoms with van der Waals surface area (Å²) in [7, 11) is 1.34. The summed E-state index contributed by atoms with van der Waals surface area (Å²) in [5.74, 6) is -1.00. The molecular formula is C17H12Cl2F2N2O. The summed E-state index contributed by atoms with van der Waals surface area (Å²) < 4.78 is 35.4. The van der Waals surface area contributed by atoms with Gasteiger partial charge in [-0.1, -0.05) is 23.2 Å². The Morgan fingerprint density at radius 3 is 2.17 bits per heavy atom. The van der Waals surface area contributed by atoms with E-state index in [0.717, 1.165) is 12.1 Å². The molecule has 0 aliphatic rings. The first-order valence-corrected chi connectivity index (χ1v) is 7.72. The Hall–Kier alpha value is -2.11. The molecule has 0 atom stereocenters. The van der Waals surface area contributed by atoms with Gasteiger partial charge in [-0.05, 0) is 31.2 Å². The van der Waals surface area contributed by atoms with E-state index in [1.54, 1.807) is 35.8 Å². The van der Waals surface area contributed by atoms with E-state index < -0.39 is 11.6 Å². The van der Waals surface area contributed by atoms with E-state index in [4.69, 9.17) is 27.9 Å². The molecule has 2 aromatic carbocycles. The van der Waals surface area contributed by atoms with Crippen LogP contribution in [-0.2, 0) is 0 Å². The average molecular weight is 369 g/mol. The maximum absolute atomic E-state index is 14.5. The molecule has 0 radical (unpaired) electrons. The topological polar surface area (TPSA) is 27.1 Å². The van der Waals surface area contributed by atoms with E-state index in [0.29, 0.717) is 16.5 Å². The number of halogens is 4. The molecule has 0 aliphatic carbocycles. The van der Waals surface area contributed by atoms with E-state index >= 15 is 0 Å². The zero-order valence-electron chi connectivity index (χ0n) is 12.8. The molecule has 124 valence electrons. The van der Waals surface area contributed by atoms with Crippen LogP contribution in [0.3, 0.4) is 0 Å². The highest BCUT2D eigenvalue weighted by Gasteiger charge is 2.23. The van der Waals surface area contributed by atoms with Gasteiger partial charge in [0.15, 0.2) is 5.15 Å². The van der Waals surface area contributed by atoms with Crippen LogP contribution in [-0.4, -0.2) is 16.7 Å². The van der Waals surface area contributed by atoms with Crippen molar-refractivity contribution in [3.05, 3.63) is 64.0 Å². The Morgan fingerprint density at radius 1 is 1.04 bits per heavy atom. The molecule has 1 aromatic heterocycles. The molecule has 24 heavy (non-hydrogen) atoms. The molecule has 0 bridgehead atoms. The van der Waals surface area contributed by atoms with Crippen LogP contribution < -0.4 is 4.74 Å². The third kappa shape index (κ3) is 2.85. The van der Waals surface area contributed by atoms with Crippen molar-refractivity contribution in [1.82, 2.24) is 9.55 Å². The standard InChI is InChI=1S/C17H12Cl2F2N2O/c1-9-22-17(19)16(23(9)11-5-3-10(18)4-6-11)15-13(20)7-12(24-2)8-14(15)21/h3-8H,1-2H3. The molecule has 0 fully saturated rings. The van der Waals surface area contributed by atoms with Gasteiger partial charge < -0.3 is 4.74 Å². The van der Waals surface area contributed by atoms with Crippen LogP contribution in [0.25, 0.3) is 16.9 Å². The number of imidazole rings is 1. The first-order chi connectivity index (χ1) is 11.4. The monoisotopic (exact) mass is 368 g/mol. The fourth-order valence-corrected chi connectivity index (χ4v) is 2.94. The molecule has 1 heterocycles. The lowest BCUT2D eigenvalue weighted by atomic mass is 10.1. The van der Waals surface area contributed by atoms with Gasteiger partial charge in [-0.3, -0.25) is 4.57 Å². The summed E-state index contributed by atoms with van der Waals surface area (Å²) in [6.45, 7) is 1.70. The Kier molecular flexibility index (Phi) is 4.47. The lowest BCUT2D eigenvalue weighted by Gasteiger charge is -2.13. The number of aromatic nitrogens is 2. The summed E-state index contributed by atoms with van der Waals surface area (Å²) in [4.78, 5) is 4.14. The van der Waals surface area contributed by atoms with Gasteiger partial charge in [0.2, 0.25) is 0 Å². The molecule has 0 aliphatic heterocycles. The van der Waals surface area contributed by atoms with E-state index in [9.17, 15) is 8.78 Å². The minimum absolute atomic E-state index is 0.00502. The van der Waals surface area contributed by atoms with E-state index in [1.165, 1.54) is 7.11 Å². The van der Waals surface area contributed by atoms with Crippen molar-refractivity contribution in [1.29, 1.82) is 0 Å². The van der Waals surface area contributed by atoms with Crippen molar-refractivity contribution < 1.29 is 13.5 Å². The Balaban J connectivity index is 2.28. The third-order valence-corrected chi connectivity index (χ3v) is 4.09. The van der Waals surface area contributed by atoms with Gasteiger partial charge in [-0.15, -0.1) is 0 Å². The second-order valence-electron chi connectivity index (χ2n) is 5.08. The number of methoxy groups -OCH3 is 1. The van der Waals surface area contributed by atoms with E-state index in [2.05, 4.69) is 4.98 Å². The number of ether oxygens (including phenoxy) is 1. The van der Waals surface area contributed by atoms with Crippen molar-refractivity contribution >= 4 is 23.2 Å². The first-order valence-electron chi connectivity index (χ1n) is 6.96. The predicted molar refractivity (Wildman–Crippen MR) is 90.2 cm³/mol. The van der Waals surface area contributed by atoms with Crippen molar-refractivity contribution in [3.63, 3.8) is 0 Å². The zero-order valence-corrected chi connectivity index (χ0v) is 14.3. The normalized spacial score (nSPS) is 10.9. The van der Waals surface area contributed by atoms with Gasteiger partial charge in [-0.2, -0.15) is 0 Å². The lowest BCUT2D eigenvalue weighted by Crippen LogP contribution is -2.02. The van der Waals surface area contributed by atoms with Gasteiger partial charge in [0.25, 0.3) is 0 Å². The van der Waals surface area contributed by atoms with Crippen LogP contribution in [0.5, 0.6) is 5.75 Å². The fourth-order valence-electron chi connectivity index (χ4n) is 2.51. The summed E-state index contributed by atoms with van der Waals surface area (Å²) in [5, 5.41) is 0.552. The molecule has 0 saturated heterocycles. The van der Waals surface area contributed by atoms with Gasteiger partial charge in [0.1, 0.15) is 23.2 Å². The number of nitrogens with zero attached hydrogens (tertiary/aromatic N) is 2. The molecular weight excluding hydrogens is 357 g/mol. The van der Waals surface area contributed by atoms with Crippen LogP contribution in [0, 0.1) is 18.6 Å². The largest absolute Gasteiger partial charge is 0.497 e. The molecule has 3 rings (SSSR count). The maximum atomic E-state index is 14.5. The average Bonchev–Trinajstić information content (AvgIpc) is 2.82. The highest BCUT2D eigenvalue weighted by atomic mass is 35.5. The van der Waals surface area contributed by atoms with Gasteiger partial charge in [-0.25, -0.2) is 13.8 Å². The van der Waals surface area contributed by atoms with Crippen molar-refractivity contribution in [2.45, 2.75) is 6.92 Å². The minimum Gasteiger partial charge on any atom is -0.497 e. The van der Waals surface area contributed by atoms with Crippen molar-refractivity contribution in [2.75, 3.05) is 7.11 Å². The smallest absolute Gasteiger partial charge is 0.155 e. The van der Waals surface area contributed by atoms with Crippen LogP contribution in [0.15, 0.2) is 36.4 Å². The molecule has 0 amide bonds. The number of aryl methyl sites for hydroxylation is 1. The number of benzene rings is 2. The quantitative estimate of drug-likeness (QED) is 0.615. The number of hydrogen-bond acceptors (Lipinski definition) is 2. The minimum atomic E-state index is -0.788. The summed E-state index contributed by atoms with van der Waals surface area (Å²) in [6, 6.07) is 8.99. The summed E-state index contributed by atoms with van der Waals surface area (Å²) >= 11 is 12.1. The van der Waals surface area contributed by atoms with Crippen LogP contribution in [0.1, 0.15) is 5.82 Å². The van der Waals surface area contributed by atoms with Crippen molar-refractivity contribution in [3.8, 4) is 22.7 Å². The third-order valence-electron chi connectivity index (χ3n) is 3.58. The highest BCUT2D eigenvalue weighted by molar-refractivity contribution is 6.32. The molecule has 3 nitrogen and oxygen atoms in total. The Bertz CT molecular complexity index is 885. The van der Waals surface area contributed by atoms with Gasteiger partial charge in [0.05, 0.1) is 18.4 Å². The Morgan fingerprint density at radius 2 is 1.62 bits per heavy atom. The molecule has 0 saturated carbocycles. The van der Waals surface area contributed by atoms with E-state index in [-0.39, 0.29) is 22.2 Å². The second kappa shape index (κ2) is 6.42. The van der Waals surface area contributed by atoms with Gasteiger partial charge in [0, 0.05) is 22.8 Å². The maximum Gasteiger partial charge on any atom is 0.155 e. The lowest BCUT2D eigenvalue weighted by molar-refractivity contribution is 0.407. The predicted octanol–water partition coefficient (Wildman–Crippen LogP) is 5.44. The zero-order chi connectivity index (χ0) is 17.4. The van der Waals surface area contributed by atoms with Gasteiger partial charge >= 0.3 is 0 Å². The van der Waals surface area contributed by atoms with E-state index in [1.807, 2.05) is 0 Å². The first kappa shape index (κ1) is 16.7. The van der Waals surface area contributed by atoms with Crippen LogP contribution >= 0.6 is 23.2 Å². The molecule has 0 N–H and O–H groups in total. The molecule has 0 unspecified atom stereocenters. The Labute approximate surface area is 147 Å². The van der Waals surface area contributed by atoms with Crippen LogP contribution in [0.2, 0.25) is 10.2 Å². The molecule has 7 heteroatoms. The second-order valence-corrected chi connectivity index (χ2v) is 5.87. The highest BCUT2D eigenvalue weighted by Crippen LogP contribution is 2.36. The van der Waals surface area contributed by atoms with Crippen molar-refractivity contribution in [2.24, 2.45) is 0 Å². The number of hydrogen-bond donors (Lipinski definition) is 0.